The zero-order valence-electron chi connectivity index (χ0n) is 9.05. The molecule has 1 rings (SSSR count). The number of aliphatic carboxylic acids is 1. The summed E-state index contributed by atoms with van der Waals surface area (Å²) in [5.74, 6) is -0.769. The van der Waals surface area contributed by atoms with E-state index in [1.165, 1.54) is 0 Å². The molecule has 4 nitrogen and oxygen atoms in total. The van der Waals surface area contributed by atoms with Gasteiger partial charge in [0.25, 0.3) is 0 Å². The highest BCUT2D eigenvalue weighted by Crippen LogP contribution is 2.07. The molecule has 0 spiro atoms. The van der Waals surface area contributed by atoms with Gasteiger partial charge in [-0.1, -0.05) is 6.92 Å². The number of carboxylic acid groups (broad SMARTS) is 1. The molecule has 15 heavy (non-hydrogen) atoms. The maximum atomic E-state index is 10.9. The molecule has 1 N–H and O–H groups in total. The minimum absolute atomic E-state index is 0.418. The van der Waals surface area contributed by atoms with Gasteiger partial charge in [0, 0.05) is 18.9 Å². The number of carbonyl (C=O) groups is 1. The van der Waals surface area contributed by atoms with Crippen LogP contribution in [0.15, 0.2) is 24.5 Å². The topological polar surface area (TPSA) is 53.4 Å². The Labute approximate surface area is 89.6 Å². The lowest BCUT2D eigenvalue weighted by Crippen LogP contribution is -2.37. The van der Waals surface area contributed by atoms with Crippen LogP contribution in [0.4, 0.5) is 0 Å². The summed E-state index contributed by atoms with van der Waals surface area (Å²) in [7, 11) is 1.82. The molecular formula is C11H16N2O2. The Kier molecular flexibility index (Phi) is 4.24. The van der Waals surface area contributed by atoms with Gasteiger partial charge in [-0.2, -0.15) is 0 Å². The number of pyridine rings is 1. The average Bonchev–Trinajstić information content (AvgIpc) is 2.19. The summed E-state index contributed by atoms with van der Waals surface area (Å²) in [4.78, 5) is 16.7. The molecule has 0 radical (unpaired) electrons. The molecule has 1 heterocycles. The van der Waals surface area contributed by atoms with Gasteiger partial charge in [-0.15, -0.1) is 0 Å². The maximum absolute atomic E-state index is 10.9. The Morgan fingerprint density at radius 1 is 1.53 bits per heavy atom. The van der Waals surface area contributed by atoms with Crippen LogP contribution in [-0.2, 0) is 11.3 Å². The summed E-state index contributed by atoms with van der Waals surface area (Å²) in [6.45, 7) is 2.51. The second-order valence-electron chi connectivity index (χ2n) is 3.53. The zero-order valence-corrected chi connectivity index (χ0v) is 9.05. The molecule has 1 aromatic rings. The lowest BCUT2D eigenvalue weighted by molar-refractivity contribution is -0.143. The number of hydrogen-bond donors (Lipinski definition) is 1. The maximum Gasteiger partial charge on any atom is 0.320 e. The van der Waals surface area contributed by atoms with E-state index in [9.17, 15) is 4.79 Å². The highest BCUT2D eigenvalue weighted by atomic mass is 16.4. The number of nitrogens with zero attached hydrogens (tertiary/aromatic N) is 2. The standard InChI is InChI=1S/C11H16N2O2/c1-3-10(11(14)15)13(2)8-9-4-6-12-7-5-9/h4-7,10H,3,8H2,1-2H3,(H,14,15). The van der Waals surface area contributed by atoms with Gasteiger partial charge in [-0.05, 0) is 31.2 Å². The van der Waals surface area contributed by atoms with Crippen LogP contribution >= 0.6 is 0 Å². The number of likely N-dealkylation sites (N-methyl/N-ethyl adjacent to an activating group) is 1. The van der Waals surface area contributed by atoms with Gasteiger partial charge < -0.3 is 5.11 Å². The predicted octanol–water partition coefficient (Wildman–Crippen LogP) is 1.38. The highest BCUT2D eigenvalue weighted by molar-refractivity contribution is 5.73. The fourth-order valence-corrected chi connectivity index (χ4v) is 1.56. The van der Waals surface area contributed by atoms with Gasteiger partial charge in [0.1, 0.15) is 6.04 Å². The van der Waals surface area contributed by atoms with E-state index in [1.807, 2.05) is 31.0 Å². The summed E-state index contributed by atoms with van der Waals surface area (Å²) in [5, 5.41) is 8.97. The molecule has 4 heteroatoms. The number of aromatic nitrogens is 1. The van der Waals surface area contributed by atoms with E-state index in [4.69, 9.17) is 5.11 Å². The third-order valence-electron chi connectivity index (χ3n) is 2.39. The fourth-order valence-electron chi connectivity index (χ4n) is 1.56. The normalized spacial score (nSPS) is 12.7. The van der Waals surface area contributed by atoms with E-state index >= 15 is 0 Å². The Hall–Kier alpha value is -1.42. The first-order valence-corrected chi connectivity index (χ1v) is 4.97. The smallest absolute Gasteiger partial charge is 0.320 e. The molecule has 0 saturated carbocycles. The average molecular weight is 208 g/mol. The zero-order chi connectivity index (χ0) is 11.3. The largest absolute Gasteiger partial charge is 0.480 e. The molecule has 1 unspecified atom stereocenters. The van der Waals surface area contributed by atoms with E-state index < -0.39 is 12.0 Å². The van der Waals surface area contributed by atoms with Gasteiger partial charge in [0.2, 0.25) is 0 Å². The second-order valence-corrected chi connectivity index (χ2v) is 3.53. The summed E-state index contributed by atoms with van der Waals surface area (Å²) in [6, 6.07) is 3.37. The molecule has 0 bridgehead atoms. The summed E-state index contributed by atoms with van der Waals surface area (Å²) < 4.78 is 0. The van der Waals surface area contributed by atoms with Gasteiger partial charge in [0.15, 0.2) is 0 Å². The fraction of sp³-hybridized carbons (Fsp3) is 0.455. The van der Waals surface area contributed by atoms with Gasteiger partial charge in [-0.25, -0.2) is 0 Å². The van der Waals surface area contributed by atoms with Crippen molar-refractivity contribution in [2.75, 3.05) is 7.05 Å². The van der Waals surface area contributed by atoms with Crippen LogP contribution in [-0.4, -0.2) is 34.0 Å². The Morgan fingerprint density at radius 3 is 2.60 bits per heavy atom. The lowest BCUT2D eigenvalue weighted by Gasteiger charge is -2.23. The minimum atomic E-state index is -0.769. The van der Waals surface area contributed by atoms with E-state index in [0.29, 0.717) is 13.0 Å². The van der Waals surface area contributed by atoms with Gasteiger partial charge in [-0.3, -0.25) is 14.7 Å². The Bertz CT molecular complexity index is 314. The summed E-state index contributed by atoms with van der Waals surface area (Å²) >= 11 is 0. The molecule has 1 aromatic heterocycles. The Balaban J connectivity index is 2.62. The third-order valence-corrected chi connectivity index (χ3v) is 2.39. The number of carboxylic acids is 1. The number of hydrogen-bond acceptors (Lipinski definition) is 3. The molecule has 0 amide bonds. The predicted molar refractivity (Wildman–Crippen MR) is 57.4 cm³/mol. The van der Waals surface area contributed by atoms with Crippen molar-refractivity contribution in [3.63, 3.8) is 0 Å². The van der Waals surface area contributed by atoms with Crippen LogP contribution in [0.5, 0.6) is 0 Å². The van der Waals surface area contributed by atoms with Crippen molar-refractivity contribution in [2.45, 2.75) is 25.9 Å². The quantitative estimate of drug-likeness (QED) is 0.794. The van der Waals surface area contributed by atoms with Crippen molar-refractivity contribution < 1.29 is 9.90 Å². The molecule has 82 valence electrons. The third kappa shape index (κ3) is 3.32. The highest BCUT2D eigenvalue weighted by Gasteiger charge is 2.19. The second kappa shape index (κ2) is 5.46. The van der Waals surface area contributed by atoms with E-state index in [2.05, 4.69) is 4.98 Å². The van der Waals surface area contributed by atoms with Crippen molar-refractivity contribution in [3.05, 3.63) is 30.1 Å². The van der Waals surface area contributed by atoms with Crippen molar-refractivity contribution in [1.82, 2.24) is 9.88 Å². The van der Waals surface area contributed by atoms with Crippen molar-refractivity contribution in [3.8, 4) is 0 Å². The van der Waals surface area contributed by atoms with E-state index in [1.54, 1.807) is 12.4 Å². The number of rotatable bonds is 5. The molecule has 0 saturated heterocycles. The van der Waals surface area contributed by atoms with Gasteiger partial charge in [0.05, 0.1) is 0 Å². The first-order valence-electron chi connectivity index (χ1n) is 4.97. The van der Waals surface area contributed by atoms with E-state index in [-0.39, 0.29) is 0 Å². The molecule has 0 aliphatic heterocycles. The van der Waals surface area contributed by atoms with Crippen LogP contribution < -0.4 is 0 Å². The molecule has 1 atom stereocenters. The molecular weight excluding hydrogens is 192 g/mol. The lowest BCUT2D eigenvalue weighted by atomic mass is 10.1. The summed E-state index contributed by atoms with van der Waals surface area (Å²) in [6.07, 6.45) is 4.03. The van der Waals surface area contributed by atoms with Crippen molar-refractivity contribution in [2.24, 2.45) is 0 Å². The van der Waals surface area contributed by atoms with Crippen molar-refractivity contribution in [1.29, 1.82) is 0 Å². The van der Waals surface area contributed by atoms with Crippen molar-refractivity contribution >= 4 is 5.97 Å². The molecule has 0 aliphatic carbocycles. The minimum Gasteiger partial charge on any atom is -0.480 e. The molecule has 0 aliphatic rings. The monoisotopic (exact) mass is 208 g/mol. The van der Waals surface area contributed by atoms with E-state index in [0.717, 1.165) is 5.56 Å². The Morgan fingerprint density at radius 2 is 2.13 bits per heavy atom. The first kappa shape index (κ1) is 11.7. The van der Waals surface area contributed by atoms with Crippen LogP contribution in [0.25, 0.3) is 0 Å². The molecule has 0 fully saturated rings. The molecule has 0 aromatic carbocycles. The van der Waals surface area contributed by atoms with Crippen LogP contribution in [0.2, 0.25) is 0 Å². The van der Waals surface area contributed by atoms with Crippen LogP contribution in [0.1, 0.15) is 18.9 Å². The SMILES string of the molecule is CCC(C(=O)O)N(C)Cc1ccncc1. The van der Waals surface area contributed by atoms with Crippen LogP contribution in [0, 0.1) is 0 Å². The first-order chi connectivity index (χ1) is 7.15. The van der Waals surface area contributed by atoms with Crippen LogP contribution in [0.3, 0.4) is 0 Å². The van der Waals surface area contributed by atoms with Gasteiger partial charge >= 0.3 is 5.97 Å². The summed E-state index contributed by atoms with van der Waals surface area (Å²) in [5.41, 5.74) is 1.08.